The van der Waals surface area contributed by atoms with E-state index in [0.29, 0.717) is 12.6 Å². The molecule has 4 heteroatoms. The molecule has 15 heavy (non-hydrogen) atoms. The minimum Gasteiger partial charge on any atom is -0.371 e. The second-order valence-electron chi connectivity index (χ2n) is 4.27. The van der Waals surface area contributed by atoms with Crippen molar-refractivity contribution in [1.82, 2.24) is 9.55 Å². The first kappa shape index (κ1) is 8.93. The first-order chi connectivity index (χ1) is 7.40. The standard InChI is InChI=1S/C11H13N3O/c12-5-8-3-4-15-11(8)10-6-13-7-14(10)9-1-2-9/h6-9,11H,1-4H2. The molecule has 3 rings (SSSR count). The zero-order chi connectivity index (χ0) is 10.3. The molecule has 1 saturated carbocycles. The van der Waals surface area contributed by atoms with Crippen LogP contribution in [0.1, 0.15) is 37.1 Å². The van der Waals surface area contributed by atoms with Crippen LogP contribution in [0.25, 0.3) is 0 Å². The number of ether oxygens (including phenoxy) is 1. The maximum absolute atomic E-state index is 9.02. The van der Waals surface area contributed by atoms with Crippen molar-refractivity contribution in [3.05, 3.63) is 18.2 Å². The first-order valence-corrected chi connectivity index (χ1v) is 5.43. The van der Waals surface area contributed by atoms with E-state index in [2.05, 4.69) is 15.6 Å². The lowest BCUT2D eigenvalue weighted by Gasteiger charge is -2.15. The molecular formula is C11H13N3O. The molecule has 0 radical (unpaired) electrons. The van der Waals surface area contributed by atoms with Crippen LogP contribution in [0.4, 0.5) is 0 Å². The van der Waals surface area contributed by atoms with Gasteiger partial charge in [0.2, 0.25) is 0 Å². The number of hydrogen-bond donors (Lipinski definition) is 0. The fourth-order valence-electron chi connectivity index (χ4n) is 2.21. The van der Waals surface area contributed by atoms with E-state index in [1.165, 1.54) is 12.8 Å². The molecular weight excluding hydrogens is 190 g/mol. The van der Waals surface area contributed by atoms with E-state index >= 15 is 0 Å². The Balaban J connectivity index is 1.91. The maximum atomic E-state index is 9.02. The summed E-state index contributed by atoms with van der Waals surface area (Å²) in [7, 11) is 0. The fraction of sp³-hybridized carbons (Fsp3) is 0.636. The van der Waals surface area contributed by atoms with Gasteiger partial charge in [-0.2, -0.15) is 5.26 Å². The molecule has 4 nitrogen and oxygen atoms in total. The molecule has 0 N–H and O–H groups in total. The van der Waals surface area contributed by atoms with Gasteiger partial charge in [-0.05, 0) is 19.3 Å². The molecule has 2 fully saturated rings. The lowest BCUT2D eigenvalue weighted by atomic mass is 10.0. The van der Waals surface area contributed by atoms with Gasteiger partial charge in [-0.3, -0.25) is 0 Å². The third-order valence-corrected chi connectivity index (χ3v) is 3.19. The highest BCUT2D eigenvalue weighted by Gasteiger charge is 2.35. The first-order valence-electron chi connectivity index (χ1n) is 5.43. The molecule has 2 heterocycles. The molecule has 0 amide bonds. The van der Waals surface area contributed by atoms with Gasteiger partial charge in [-0.25, -0.2) is 4.98 Å². The minimum atomic E-state index is -0.0573. The van der Waals surface area contributed by atoms with E-state index < -0.39 is 0 Å². The van der Waals surface area contributed by atoms with Crippen LogP contribution >= 0.6 is 0 Å². The van der Waals surface area contributed by atoms with Gasteiger partial charge in [-0.1, -0.05) is 0 Å². The van der Waals surface area contributed by atoms with Gasteiger partial charge in [0, 0.05) is 12.6 Å². The Bertz CT molecular complexity index is 402. The summed E-state index contributed by atoms with van der Waals surface area (Å²) in [5.74, 6) is -0.000741. The number of rotatable bonds is 2. The topological polar surface area (TPSA) is 50.8 Å². The van der Waals surface area contributed by atoms with E-state index in [1.54, 1.807) is 0 Å². The van der Waals surface area contributed by atoms with Crippen LogP contribution in [0.5, 0.6) is 0 Å². The Kier molecular flexibility index (Phi) is 2.00. The largest absolute Gasteiger partial charge is 0.371 e. The molecule has 2 atom stereocenters. The quantitative estimate of drug-likeness (QED) is 0.736. The Labute approximate surface area is 88.5 Å². The van der Waals surface area contributed by atoms with Crippen molar-refractivity contribution in [3.8, 4) is 6.07 Å². The van der Waals surface area contributed by atoms with E-state index in [4.69, 9.17) is 10.00 Å². The normalized spacial score (nSPS) is 30.3. The molecule has 2 aliphatic rings. The zero-order valence-corrected chi connectivity index (χ0v) is 8.47. The predicted octanol–water partition coefficient (Wildman–Crippen LogP) is 1.82. The van der Waals surface area contributed by atoms with Gasteiger partial charge >= 0.3 is 0 Å². The van der Waals surface area contributed by atoms with Crippen molar-refractivity contribution in [2.75, 3.05) is 6.61 Å². The fourth-order valence-corrected chi connectivity index (χ4v) is 2.21. The number of aromatic nitrogens is 2. The smallest absolute Gasteiger partial charge is 0.115 e. The second-order valence-corrected chi connectivity index (χ2v) is 4.27. The van der Waals surface area contributed by atoms with Crippen molar-refractivity contribution < 1.29 is 4.74 Å². The lowest BCUT2D eigenvalue weighted by molar-refractivity contribution is 0.0941. The highest BCUT2D eigenvalue weighted by Crippen LogP contribution is 2.40. The molecule has 1 saturated heterocycles. The van der Waals surface area contributed by atoms with Crippen molar-refractivity contribution in [3.63, 3.8) is 0 Å². The van der Waals surface area contributed by atoms with Crippen LogP contribution in [-0.2, 0) is 4.74 Å². The Morgan fingerprint density at radius 1 is 1.47 bits per heavy atom. The van der Waals surface area contributed by atoms with Crippen LogP contribution < -0.4 is 0 Å². The summed E-state index contributed by atoms with van der Waals surface area (Å²) >= 11 is 0. The number of hydrogen-bond acceptors (Lipinski definition) is 3. The van der Waals surface area contributed by atoms with Gasteiger partial charge in [-0.15, -0.1) is 0 Å². The summed E-state index contributed by atoms with van der Waals surface area (Å²) in [5, 5.41) is 9.02. The monoisotopic (exact) mass is 203 g/mol. The zero-order valence-electron chi connectivity index (χ0n) is 8.47. The molecule has 1 aliphatic heterocycles. The lowest BCUT2D eigenvalue weighted by Crippen LogP contribution is -2.10. The van der Waals surface area contributed by atoms with Gasteiger partial charge in [0.15, 0.2) is 0 Å². The Morgan fingerprint density at radius 3 is 3.07 bits per heavy atom. The molecule has 1 aliphatic carbocycles. The molecule has 0 aromatic carbocycles. The van der Waals surface area contributed by atoms with Crippen molar-refractivity contribution >= 4 is 0 Å². The van der Waals surface area contributed by atoms with Gasteiger partial charge < -0.3 is 9.30 Å². The van der Waals surface area contributed by atoms with Crippen LogP contribution in [0.15, 0.2) is 12.5 Å². The summed E-state index contributed by atoms with van der Waals surface area (Å²) in [6.45, 7) is 0.693. The van der Waals surface area contributed by atoms with Gasteiger partial charge in [0.25, 0.3) is 0 Å². The molecule has 2 unspecified atom stereocenters. The van der Waals surface area contributed by atoms with Crippen molar-refractivity contribution in [2.24, 2.45) is 5.92 Å². The SMILES string of the molecule is N#CC1CCOC1c1cncn1C1CC1. The Hall–Kier alpha value is -1.34. The number of nitriles is 1. The third-order valence-electron chi connectivity index (χ3n) is 3.19. The number of nitrogens with zero attached hydrogens (tertiary/aromatic N) is 3. The van der Waals surface area contributed by atoms with Crippen LogP contribution in [0, 0.1) is 17.2 Å². The van der Waals surface area contributed by atoms with Crippen LogP contribution in [-0.4, -0.2) is 16.2 Å². The average molecular weight is 203 g/mol. The highest BCUT2D eigenvalue weighted by atomic mass is 16.5. The number of imidazole rings is 1. The highest BCUT2D eigenvalue weighted by molar-refractivity contribution is 5.12. The molecule has 1 aromatic heterocycles. The second kappa shape index (κ2) is 3.35. The van der Waals surface area contributed by atoms with Gasteiger partial charge in [0.05, 0.1) is 30.2 Å². The molecule has 0 bridgehead atoms. The molecule has 78 valence electrons. The van der Waals surface area contributed by atoms with E-state index in [1.807, 2.05) is 12.5 Å². The maximum Gasteiger partial charge on any atom is 0.115 e. The van der Waals surface area contributed by atoms with Gasteiger partial charge in [0.1, 0.15) is 6.10 Å². The summed E-state index contributed by atoms with van der Waals surface area (Å²) in [6, 6.07) is 2.93. The summed E-state index contributed by atoms with van der Waals surface area (Å²) < 4.78 is 7.82. The average Bonchev–Trinajstić information content (AvgIpc) is 2.83. The third kappa shape index (κ3) is 1.44. The van der Waals surface area contributed by atoms with Crippen molar-refractivity contribution in [1.29, 1.82) is 5.26 Å². The van der Waals surface area contributed by atoms with Crippen LogP contribution in [0.2, 0.25) is 0 Å². The van der Waals surface area contributed by atoms with E-state index in [0.717, 1.165) is 12.1 Å². The summed E-state index contributed by atoms with van der Waals surface area (Å²) in [4.78, 5) is 4.17. The van der Waals surface area contributed by atoms with E-state index in [-0.39, 0.29) is 12.0 Å². The molecule has 0 spiro atoms. The van der Waals surface area contributed by atoms with E-state index in [9.17, 15) is 0 Å². The van der Waals surface area contributed by atoms with Crippen LogP contribution in [0.3, 0.4) is 0 Å². The molecule has 1 aromatic rings. The minimum absolute atomic E-state index is 0.000741. The summed E-state index contributed by atoms with van der Waals surface area (Å²) in [5.41, 5.74) is 1.08. The Morgan fingerprint density at radius 2 is 2.33 bits per heavy atom. The van der Waals surface area contributed by atoms with Crippen molar-refractivity contribution in [2.45, 2.75) is 31.4 Å². The predicted molar refractivity (Wildman–Crippen MR) is 52.9 cm³/mol. The summed E-state index contributed by atoms with van der Waals surface area (Å²) in [6.07, 6.45) is 6.96.